The molecule has 1 saturated heterocycles. The Labute approximate surface area is 176 Å². The smallest absolute Gasteiger partial charge is 0.369 e. The predicted molar refractivity (Wildman–Crippen MR) is 100 cm³/mol. The minimum atomic E-state index is -5.75. The molecule has 1 aliphatic rings. The highest BCUT2D eigenvalue weighted by Gasteiger charge is 2.49. The third-order valence-electron chi connectivity index (χ3n) is 4.03. The van der Waals surface area contributed by atoms with Crippen LogP contribution in [0.5, 0.6) is 0 Å². The van der Waals surface area contributed by atoms with Crippen molar-refractivity contribution in [3.05, 3.63) is 16.7 Å². The van der Waals surface area contributed by atoms with E-state index in [1.165, 1.54) is 4.57 Å². The van der Waals surface area contributed by atoms with E-state index in [2.05, 4.69) is 28.1 Å². The molecule has 3 heterocycles. The number of aromatic nitrogens is 4. The van der Waals surface area contributed by atoms with Gasteiger partial charge < -0.3 is 30.0 Å². The largest absolute Gasteiger partial charge is 0.490 e. The Hall–Kier alpha value is -1.55. The molecule has 17 nitrogen and oxygen atoms in total. The number of alkyl halides is 1. The van der Waals surface area contributed by atoms with Crippen LogP contribution in [0.15, 0.2) is 11.1 Å². The number of nitrogens with zero attached hydrogens (tertiary/aromatic N) is 3. The molecule has 0 spiro atoms. The number of nitrogens with two attached hydrogens (primary N) is 1. The Kier molecular flexibility index (Phi) is 6.54. The summed E-state index contributed by atoms with van der Waals surface area (Å²) in [6, 6.07) is 0. The second-order valence-corrected chi connectivity index (χ2v) is 11.1. The Morgan fingerprint density at radius 2 is 1.97 bits per heavy atom. The number of halogens is 1. The molecule has 1 aliphatic heterocycles. The van der Waals surface area contributed by atoms with Crippen LogP contribution in [0.3, 0.4) is 0 Å². The SMILES string of the molecule is CC1CC(F)(COP(=O)(O)OP(=O)(O)OP(=O)(O)O)OC1n1cnc2c(=O)[nH]c(N)nc21. The monoisotopic (exact) mass is 523 g/mol. The van der Waals surface area contributed by atoms with Crippen LogP contribution in [-0.4, -0.2) is 51.6 Å². The molecule has 0 bridgehead atoms. The van der Waals surface area contributed by atoms with Gasteiger partial charge in [0.05, 0.1) is 6.33 Å². The molecule has 2 aromatic rings. The number of anilines is 1. The molecular formula is C11H17FN5O12P3. The van der Waals surface area contributed by atoms with Crippen molar-refractivity contribution in [1.82, 2.24) is 19.5 Å². The van der Waals surface area contributed by atoms with Gasteiger partial charge in [-0.05, 0) is 0 Å². The van der Waals surface area contributed by atoms with Crippen molar-refractivity contribution >= 4 is 40.6 Å². The number of nitrogen functional groups attached to an aromatic ring is 1. The van der Waals surface area contributed by atoms with Crippen molar-refractivity contribution in [2.24, 2.45) is 5.92 Å². The first-order valence-corrected chi connectivity index (χ1v) is 12.9. The van der Waals surface area contributed by atoms with Crippen LogP contribution < -0.4 is 11.3 Å². The second kappa shape index (κ2) is 8.34. The summed E-state index contributed by atoms with van der Waals surface area (Å²) in [6.45, 7) is 0.250. The summed E-state index contributed by atoms with van der Waals surface area (Å²) in [7, 11) is -16.9. The second-order valence-electron chi connectivity index (χ2n) is 6.71. The van der Waals surface area contributed by atoms with Crippen LogP contribution in [0.1, 0.15) is 19.6 Å². The number of fused-ring (bicyclic) bond motifs is 1. The van der Waals surface area contributed by atoms with Crippen molar-refractivity contribution in [1.29, 1.82) is 0 Å². The Morgan fingerprint density at radius 1 is 1.31 bits per heavy atom. The molecule has 0 amide bonds. The topological polar surface area (TPSA) is 259 Å². The van der Waals surface area contributed by atoms with E-state index < -0.39 is 60.1 Å². The van der Waals surface area contributed by atoms with Gasteiger partial charge in [-0.2, -0.15) is 13.6 Å². The normalized spacial score (nSPS) is 27.9. The van der Waals surface area contributed by atoms with Gasteiger partial charge >= 0.3 is 23.5 Å². The van der Waals surface area contributed by atoms with Crippen LogP contribution in [0.2, 0.25) is 0 Å². The minimum absolute atomic E-state index is 0.0137. The van der Waals surface area contributed by atoms with Crippen molar-refractivity contribution in [3.8, 4) is 0 Å². The van der Waals surface area contributed by atoms with Gasteiger partial charge in [-0.1, -0.05) is 6.92 Å². The van der Waals surface area contributed by atoms with Gasteiger partial charge in [0.1, 0.15) is 12.8 Å². The van der Waals surface area contributed by atoms with Crippen LogP contribution in [0.25, 0.3) is 11.2 Å². The lowest BCUT2D eigenvalue weighted by molar-refractivity contribution is -0.174. The van der Waals surface area contributed by atoms with Gasteiger partial charge in [0.15, 0.2) is 11.2 Å². The van der Waals surface area contributed by atoms with E-state index >= 15 is 4.39 Å². The fraction of sp³-hybridized carbons (Fsp3) is 0.545. The summed E-state index contributed by atoms with van der Waals surface area (Å²) < 4.78 is 66.8. The van der Waals surface area contributed by atoms with Gasteiger partial charge in [-0.15, -0.1) is 0 Å². The van der Waals surface area contributed by atoms with Gasteiger partial charge in [-0.25, -0.2) is 23.1 Å². The molecule has 3 rings (SSSR count). The summed E-state index contributed by atoms with van der Waals surface area (Å²) in [5.74, 6) is -3.57. The molecule has 5 atom stereocenters. The average molecular weight is 523 g/mol. The molecule has 0 radical (unpaired) electrons. The maximum absolute atomic E-state index is 15.1. The summed E-state index contributed by atoms with van der Waals surface area (Å²) >= 11 is 0. The van der Waals surface area contributed by atoms with E-state index in [0.717, 1.165) is 6.33 Å². The molecule has 7 N–H and O–H groups in total. The molecule has 0 aromatic carbocycles. The molecule has 21 heteroatoms. The number of H-pyrrole nitrogens is 1. The maximum atomic E-state index is 15.1. The third kappa shape index (κ3) is 5.87. The molecule has 2 aromatic heterocycles. The van der Waals surface area contributed by atoms with Gasteiger partial charge in [0.2, 0.25) is 11.8 Å². The van der Waals surface area contributed by atoms with E-state index in [4.69, 9.17) is 25.2 Å². The third-order valence-corrected chi connectivity index (χ3v) is 7.81. The van der Waals surface area contributed by atoms with Crippen LogP contribution in [0, 0.1) is 5.92 Å². The molecular weight excluding hydrogens is 506 g/mol. The fourth-order valence-corrected chi connectivity index (χ4v) is 6.05. The zero-order valence-electron chi connectivity index (χ0n) is 15.8. The van der Waals surface area contributed by atoms with Crippen molar-refractivity contribution in [2.45, 2.75) is 25.4 Å². The first kappa shape index (κ1) is 25.1. The quantitative estimate of drug-likeness (QED) is 0.254. The number of phosphoric ester groups is 1. The van der Waals surface area contributed by atoms with E-state index in [1.54, 1.807) is 6.92 Å². The molecule has 0 aliphatic carbocycles. The van der Waals surface area contributed by atoms with E-state index in [-0.39, 0.29) is 17.1 Å². The summed E-state index contributed by atoms with van der Waals surface area (Å²) in [4.78, 5) is 57.5. The van der Waals surface area contributed by atoms with Gasteiger partial charge in [0.25, 0.3) is 5.56 Å². The number of aromatic amines is 1. The van der Waals surface area contributed by atoms with E-state index in [1.807, 2.05) is 0 Å². The number of phosphoric acid groups is 3. The number of ether oxygens (including phenoxy) is 1. The van der Waals surface area contributed by atoms with E-state index in [0.29, 0.717) is 0 Å². The highest BCUT2D eigenvalue weighted by atomic mass is 31.3. The summed E-state index contributed by atoms with van der Waals surface area (Å²) in [5, 5.41) is 0. The van der Waals surface area contributed by atoms with Crippen molar-refractivity contribution in [3.63, 3.8) is 0 Å². The molecule has 1 fully saturated rings. The highest BCUT2D eigenvalue weighted by Crippen LogP contribution is 2.66. The van der Waals surface area contributed by atoms with E-state index in [9.17, 15) is 23.4 Å². The summed E-state index contributed by atoms with van der Waals surface area (Å²) in [5.41, 5.74) is 4.75. The Bertz CT molecular complexity index is 1230. The number of nitrogens with one attached hydrogen (secondary N) is 1. The maximum Gasteiger partial charge on any atom is 0.490 e. The number of hydrogen-bond acceptors (Lipinski definition) is 11. The number of rotatable bonds is 8. The van der Waals surface area contributed by atoms with Crippen LogP contribution >= 0.6 is 23.5 Å². The zero-order chi connectivity index (χ0) is 24.1. The number of hydrogen-bond donors (Lipinski definition) is 6. The molecule has 5 unspecified atom stereocenters. The van der Waals surface area contributed by atoms with Crippen LogP contribution in [0.4, 0.5) is 10.3 Å². The molecule has 32 heavy (non-hydrogen) atoms. The minimum Gasteiger partial charge on any atom is -0.369 e. The predicted octanol–water partition coefficient (Wildman–Crippen LogP) is 0.266. The van der Waals surface area contributed by atoms with Crippen LogP contribution in [-0.2, 0) is 31.6 Å². The van der Waals surface area contributed by atoms with Crippen molar-refractivity contribution < 1.29 is 55.5 Å². The fourth-order valence-electron chi connectivity index (χ4n) is 3.00. The Balaban J connectivity index is 1.73. The van der Waals surface area contributed by atoms with Crippen molar-refractivity contribution in [2.75, 3.05) is 12.3 Å². The standard InChI is InChI=1S/C11H17FN5O12P3/c1-5-2-11(12,3-26-31(22,23)29-32(24,25)28-30(19,20)21)27-9(5)17-4-14-6-7(17)15-10(13)16-8(6)18/h4-5,9H,2-3H2,1H3,(H,22,23)(H,24,25)(H2,19,20,21)(H3,13,15,16,18). The molecule has 0 saturated carbocycles. The van der Waals surface area contributed by atoms with Gasteiger partial charge in [0, 0.05) is 12.3 Å². The highest BCUT2D eigenvalue weighted by molar-refractivity contribution is 7.66. The molecule has 180 valence electrons. The first-order chi connectivity index (χ1) is 14.5. The summed E-state index contributed by atoms with van der Waals surface area (Å²) in [6.07, 6.45) is -0.365. The van der Waals surface area contributed by atoms with Gasteiger partial charge in [-0.3, -0.25) is 18.9 Å². The average Bonchev–Trinajstić information content (AvgIpc) is 3.11. The zero-order valence-corrected chi connectivity index (χ0v) is 18.5. The lowest BCUT2D eigenvalue weighted by Crippen LogP contribution is -2.28. The first-order valence-electron chi connectivity index (χ1n) is 8.37. The lowest BCUT2D eigenvalue weighted by Gasteiger charge is -2.23. The lowest BCUT2D eigenvalue weighted by atomic mass is 10.1. The Morgan fingerprint density at radius 3 is 2.59 bits per heavy atom. The number of imidazole rings is 1.